The van der Waals surface area contributed by atoms with Gasteiger partial charge in [-0.15, -0.1) is 0 Å². The Hall–Kier alpha value is -1.63. The number of carbonyl (C=O) groups is 1. The van der Waals surface area contributed by atoms with Gasteiger partial charge < -0.3 is 15.0 Å². The smallest absolute Gasteiger partial charge is 0.226 e. The largest absolute Gasteiger partial charge is 0.382 e. The van der Waals surface area contributed by atoms with Crippen LogP contribution in [0.3, 0.4) is 0 Å². The second-order valence-corrected chi connectivity index (χ2v) is 8.33. The molecule has 6 nitrogen and oxygen atoms in total. The topological polar surface area (TPSA) is 56.8 Å². The molecule has 3 fully saturated rings. The number of amides is 1. The van der Waals surface area contributed by atoms with E-state index in [1.165, 1.54) is 0 Å². The van der Waals surface area contributed by atoms with Gasteiger partial charge in [-0.2, -0.15) is 0 Å². The predicted octanol–water partition coefficient (Wildman–Crippen LogP) is 1.95. The molecule has 148 valence electrons. The van der Waals surface area contributed by atoms with Gasteiger partial charge >= 0.3 is 0 Å². The number of ether oxygens (including phenoxy) is 1. The van der Waals surface area contributed by atoms with Crippen LogP contribution >= 0.6 is 0 Å². The lowest BCUT2D eigenvalue weighted by Gasteiger charge is -2.52. The van der Waals surface area contributed by atoms with Crippen LogP contribution in [0.1, 0.15) is 26.7 Å². The molecule has 4 rings (SSSR count). The van der Waals surface area contributed by atoms with Gasteiger partial charge in [0.15, 0.2) is 0 Å². The zero-order chi connectivity index (χ0) is 18.8. The van der Waals surface area contributed by atoms with E-state index in [0.29, 0.717) is 24.2 Å². The Morgan fingerprint density at radius 1 is 1.22 bits per heavy atom. The zero-order valence-electron chi connectivity index (χ0n) is 16.4. The van der Waals surface area contributed by atoms with Gasteiger partial charge in [-0.25, -0.2) is 0 Å². The molecule has 5 unspecified atom stereocenters. The van der Waals surface area contributed by atoms with Gasteiger partial charge in [-0.3, -0.25) is 15.0 Å². The van der Waals surface area contributed by atoms with Crippen LogP contribution in [0.15, 0.2) is 30.3 Å². The SMILES string of the molecule is CC1CC(C(C)Nc2ccccc2)C2NC(N3CCOCC3)CC(=O)N2C1. The summed E-state index contributed by atoms with van der Waals surface area (Å²) in [5.41, 5.74) is 1.14. The Labute approximate surface area is 162 Å². The summed E-state index contributed by atoms with van der Waals surface area (Å²) in [4.78, 5) is 17.4. The minimum atomic E-state index is 0.0986. The van der Waals surface area contributed by atoms with Crippen LogP contribution in [0.2, 0.25) is 0 Å². The fourth-order valence-corrected chi connectivity index (χ4v) is 4.86. The molecule has 2 N–H and O–H groups in total. The molecule has 1 amide bonds. The Bertz CT molecular complexity index is 634. The van der Waals surface area contributed by atoms with Gasteiger partial charge in [0.25, 0.3) is 0 Å². The lowest BCUT2D eigenvalue weighted by Crippen LogP contribution is -2.69. The Morgan fingerprint density at radius 3 is 2.70 bits per heavy atom. The number of rotatable bonds is 4. The van der Waals surface area contributed by atoms with Crippen molar-refractivity contribution in [3.8, 4) is 0 Å². The number of para-hydroxylation sites is 1. The number of nitrogens with one attached hydrogen (secondary N) is 2. The molecule has 0 aliphatic carbocycles. The quantitative estimate of drug-likeness (QED) is 0.846. The van der Waals surface area contributed by atoms with Crippen molar-refractivity contribution in [2.45, 2.75) is 45.1 Å². The van der Waals surface area contributed by atoms with E-state index >= 15 is 0 Å². The Balaban J connectivity index is 1.50. The fraction of sp³-hybridized carbons (Fsp3) is 0.667. The first kappa shape index (κ1) is 18.7. The highest BCUT2D eigenvalue weighted by atomic mass is 16.5. The minimum Gasteiger partial charge on any atom is -0.382 e. The molecule has 27 heavy (non-hydrogen) atoms. The lowest BCUT2D eigenvalue weighted by atomic mass is 9.81. The molecule has 1 aromatic rings. The molecule has 3 saturated heterocycles. The summed E-state index contributed by atoms with van der Waals surface area (Å²) < 4.78 is 5.49. The number of hydrogen-bond acceptors (Lipinski definition) is 5. The maximum absolute atomic E-state index is 13.0. The van der Waals surface area contributed by atoms with E-state index in [0.717, 1.165) is 45.0 Å². The van der Waals surface area contributed by atoms with Crippen molar-refractivity contribution in [3.63, 3.8) is 0 Å². The summed E-state index contributed by atoms with van der Waals surface area (Å²) in [7, 11) is 0. The molecule has 3 aliphatic rings. The summed E-state index contributed by atoms with van der Waals surface area (Å²) in [6.07, 6.45) is 1.92. The summed E-state index contributed by atoms with van der Waals surface area (Å²) in [5.74, 6) is 1.19. The minimum absolute atomic E-state index is 0.0986. The highest BCUT2D eigenvalue weighted by Gasteiger charge is 2.45. The van der Waals surface area contributed by atoms with E-state index in [1.807, 2.05) is 6.07 Å². The van der Waals surface area contributed by atoms with Crippen molar-refractivity contribution >= 4 is 11.6 Å². The van der Waals surface area contributed by atoms with Gasteiger partial charge in [0.2, 0.25) is 5.91 Å². The predicted molar refractivity (Wildman–Crippen MR) is 106 cm³/mol. The summed E-state index contributed by atoms with van der Waals surface area (Å²) in [6.45, 7) is 8.69. The summed E-state index contributed by atoms with van der Waals surface area (Å²) >= 11 is 0. The number of anilines is 1. The molecule has 3 aliphatic heterocycles. The number of carbonyl (C=O) groups excluding carboxylic acids is 1. The van der Waals surface area contributed by atoms with Crippen molar-refractivity contribution in [2.24, 2.45) is 11.8 Å². The number of nitrogens with zero attached hydrogens (tertiary/aromatic N) is 2. The number of benzene rings is 1. The van der Waals surface area contributed by atoms with E-state index in [1.54, 1.807) is 0 Å². The van der Waals surface area contributed by atoms with Crippen molar-refractivity contribution in [2.75, 3.05) is 38.2 Å². The number of piperidine rings is 1. The van der Waals surface area contributed by atoms with Crippen LogP contribution in [0.25, 0.3) is 0 Å². The number of morpholine rings is 1. The summed E-state index contributed by atoms with van der Waals surface area (Å²) in [6, 6.07) is 10.6. The van der Waals surface area contributed by atoms with E-state index in [-0.39, 0.29) is 18.4 Å². The molecule has 3 heterocycles. The molecule has 1 aromatic carbocycles. The first-order valence-electron chi connectivity index (χ1n) is 10.3. The number of fused-ring (bicyclic) bond motifs is 1. The lowest BCUT2D eigenvalue weighted by molar-refractivity contribution is -0.150. The van der Waals surface area contributed by atoms with Crippen molar-refractivity contribution in [1.82, 2.24) is 15.1 Å². The molecule has 5 atom stereocenters. The second kappa shape index (κ2) is 8.17. The standard InChI is InChI=1S/C21H32N4O2/c1-15-12-18(16(2)22-17-6-4-3-5-7-17)21-23-19(13-20(26)25(21)14-15)24-8-10-27-11-9-24/h3-7,15-16,18-19,21-23H,8-14H2,1-2H3. The maximum atomic E-state index is 13.0. The van der Waals surface area contributed by atoms with Gasteiger partial charge in [-0.05, 0) is 31.4 Å². The second-order valence-electron chi connectivity index (χ2n) is 8.33. The summed E-state index contributed by atoms with van der Waals surface area (Å²) in [5, 5.41) is 7.49. The fourth-order valence-electron chi connectivity index (χ4n) is 4.86. The third-order valence-electron chi connectivity index (χ3n) is 6.27. The molecular weight excluding hydrogens is 340 g/mol. The van der Waals surface area contributed by atoms with Crippen LogP contribution in [-0.2, 0) is 9.53 Å². The molecule has 0 radical (unpaired) electrons. The van der Waals surface area contributed by atoms with E-state index < -0.39 is 0 Å². The average Bonchev–Trinajstić information content (AvgIpc) is 2.69. The van der Waals surface area contributed by atoms with E-state index in [9.17, 15) is 4.79 Å². The third kappa shape index (κ3) is 4.13. The van der Waals surface area contributed by atoms with Gasteiger partial charge in [0.05, 0.1) is 32.0 Å². The highest BCUT2D eigenvalue weighted by Crippen LogP contribution is 2.33. The molecule has 0 aromatic heterocycles. The molecule has 0 spiro atoms. The van der Waals surface area contributed by atoms with Crippen molar-refractivity contribution < 1.29 is 9.53 Å². The van der Waals surface area contributed by atoms with E-state index in [4.69, 9.17) is 4.74 Å². The zero-order valence-corrected chi connectivity index (χ0v) is 16.4. The van der Waals surface area contributed by atoms with Crippen molar-refractivity contribution in [1.29, 1.82) is 0 Å². The molecule has 0 saturated carbocycles. The molecule has 0 bridgehead atoms. The highest BCUT2D eigenvalue weighted by molar-refractivity contribution is 5.78. The molecular formula is C21H32N4O2. The van der Waals surface area contributed by atoms with Crippen molar-refractivity contribution in [3.05, 3.63) is 30.3 Å². The average molecular weight is 373 g/mol. The van der Waals surface area contributed by atoms with Crippen LogP contribution < -0.4 is 10.6 Å². The van der Waals surface area contributed by atoms with E-state index in [2.05, 4.69) is 58.5 Å². The first-order valence-corrected chi connectivity index (χ1v) is 10.3. The van der Waals surface area contributed by atoms with Crippen LogP contribution in [0, 0.1) is 11.8 Å². The first-order chi connectivity index (χ1) is 13.1. The van der Waals surface area contributed by atoms with Gasteiger partial charge in [0, 0.05) is 37.3 Å². The van der Waals surface area contributed by atoms with Gasteiger partial charge in [-0.1, -0.05) is 25.1 Å². The Morgan fingerprint density at radius 2 is 1.96 bits per heavy atom. The monoisotopic (exact) mass is 372 g/mol. The Kier molecular flexibility index (Phi) is 5.66. The van der Waals surface area contributed by atoms with Crippen LogP contribution in [0.4, 0.5) is 5.69 Å². The molecule has 6 heteroatoms. The third-order valence-corrected chi connectivity index (χ3v) is 6.27. The normalized spacial score (nSPS) is 33.4. The van der Waals surface area contributed by atoms with Crippen LogP contribution in [0.5, 0.6) is 0 Å². The maximum Gasteiger partial charge on any atom is 0.226 e. The van der Waals surface area contributed by atoms with Gasteiger partial charge in [0.1, 0.15) is 0 Å². The number of hydrogen-bond donors (Lipinski definition) is 2. The van der Waals surface area contributed by atoms with Crippen LogP contribution in [-0.4, -0.2) is 66.9 Å².